The van der Waals surface area contributed by atoms with Crippen molar-refractivity contribution < 1.29 is 37.0 Å². The summed E-state index contributed by atoms with van der Waals surface area (Å²) in [6.45, 7) is 3.72. The van der Waals surface area contributed by atoms with Crippen LogP contribution in [0.25, 0.3) is 17.0 Å². The topological polar surface area (TPSA) is 154 Å². The second-order valence-corrected chi connectivity index (χ2v) is 12.5. The van der Waals surface area contributed by atoms with Crippen LogP contribution in [0.3, 0.4) is 0 Å². The fourth-order valence-corrected chi connectivity index (χ4v) is 6.12. The van der Waals surface area contributed by atoms with Gasteiger partial charge in [0.1, 0.15) is 11.8 Å². The van der Waals surface area contributed by atoms with Gasteiger partial charge in [0.15, 0.2) is 0 Å². The Morgan fingerprint density at radius 1 is 1.02 bits per heavy atom. The molecule has 5 rings (SSSR count). The average Bonchev–Trinajstić information content (AvgIpc) is 3.64. The van der Waals surface area contributed by atoms with E-state index in [2.05, 4.69) is 15.2 Å². The number of carbonyl (C=O) groups is 3. The highest BCUT2D eigenvalue weighted by molar-refractivity contribution is 7.92. The molecule has 4 aromatic rings. The van der Waals surface area contributed by atoms with Crippen LogP contribution < -0.4 is 10.1 Å². The number of hydrogen-bond donors (Lipinski definition) is 2. The molecule has 0 bridgehead atoms. The maximum Gasteiger partial charge on any atom is 0.338 e. The molecule has 2 heterocycles. The molecule has 12 nitrogen and oxygen atoms in total. The van der Waals surface area contributed by atoms with Gasteiger partial charge < -0.3 is 18.8 Å². The molecule has 1 amide bonds. The van der Waals surface area contributed by atoms with Crippen molar-refractivity contribution in [2.75, 3.05) is 25.5 Å². The number of fused-ring (bicyclic) bond motifs is 1. The first-order chi connectivity index (χ1) is 22.5. The second-order valence-electron chi connectivity index (χ2n) is 10.8. The molecular weight excluding hydrogens is 624 g/mol. The van der Waals surface area contributed by atoms with E-state index in [0.717, 1.165) is 10.9 Å². The zero-order chi connectivity index (χ0) is 33.7. The van der Waals surface area contributed by atoms with Gasteiger partial charge in [-0.1, -0.05) is 36.4 Å². The van der Waals surface area contributed by atoms with Crippen LogP contribution >= 0.6 is 0 Å². The van der Waals surface area contributed by atoms with Gasteiger partial charge >= 0.3 is 11.9 Å². The Morgan fingerprint density at radius 2 is 1.77 bits per heavy atom. The molecule has 1 aliphatic rings. The minimum atomic E-state index is -4.05. The van der Waals surface area contributed by atoms with Gasteiger partial charge in [0.25, 0.3) is 15.9 Å². The van der Waals surface area contributed by atoms with E-state index in [1.54, 1.807) is 55.1 Å². The van der Waals surface area contributed by atoms with Crippen LogP contribution in [0.4, 0.5) is 5.69 Å². The molecule has 0 saturated heterocycles. The number of para-hydroxylation sites is 1. The molecule has 244 valence electrons. The van der Waals surface area contributed by atoms with E-state index in [9.17, 15) is 22.8 Å². The van der Waals surface area contributed by atoms with Crippen molar-refractivity contribution in [2.24, 2.45) is 5.10 Å². The Balaban J connectivity index is 1.34. The highest BCUT2D eigenvalue weighted by atomic mass is 32.2. The summed E-state index contributed by atoms with van der Waals surface area (Å²) in [6, 6.07) is 18.9. The Hall–Kier alpha value is -5.27. The van der Waals surface area contributed by atoms with Crippen molar-refractivity contribution in [3.63, 3.8) is 0 Å². The van der Waals surface area contributed by atoms with Crippen molar-refractivity contribution in [1.82, 2.24) is 9.99 Å². The van der Waals surface area contributed by atoms with E-state index in [4.69, 9.17) is 14.2 Å². The van der Waals surface area contributed by atoms with Gasteiger partial charge in [0.05, 0.1) is 35.9 Å². The lowest BCUT2D eigenvalue weighted by atomic mass is 10.00. The third kappa shape index (κ3) is 7.26. The molecule has 1 aliphatic heterocycles. The van der Waals surface area contributed by atoms with Crippen LogP contribution in [-0.2, 0) is 33.8 Å². The predicted octanol–water partition coefficient (Wildman–Crippen LogP) is 4.68. The third-order valence-corrected chi connectivity index (χ3v) is 9.13. The Bertz CT molecular complexity index is 2000. The smallest absolute Gasteiger partial charge is 0.338 e. The molecule has 0 fully saturated rings. The first-order valence-corrected chi connectivity index (χ1v) is 16.2. The summed E-state index contributed by atoms with van der Waals surface area (Å²) >= 11 is 0. The molecule has 2 atom stereocenters. The molecule has 1 aromatic heterocycles. The van der Waals surface area contributed by atoms with Gasteiger partial charge in [-0.2, -0.15) is 5.10 Å². The first-order valence-electron chi connectivity index (χ1n) is 14.7. The van der Waals surface area contributed by atoms with Crippen LogP contribution in [0.1, 0.15) is 47.8 Å². The quantitative estimate of drug-likeness (QED) is 0.164. The molecule has 3 aromatic carbocycles. The van der Waals surface area contributed by atoms with Crippen LogP contribution in [0, 0.1) is 0 Å². The van der Waals surface area contributed by atoms with Gasteiger partial charge in [0, 0.05) is 47.4 Å². The summed E-state index contributed by atoms with van der Waals surface area (Å²) in [5.41, 5.74) is 5.60. The molecule has 13 heteroatoms. The van der Waals surface area contributed by atoms with E-state index in [1.165, 1.54) is 31.4 Å². The number of rotatable bonds is 12. The van der Waals surface area contributed by atoms with Gasteiger partial charge in [-0.05, 0) is 56.3 Å². The lowest BCUT2D eigenvalue weighted by Gasteiger charge is -2.12. The van der Waals surface area contributed by atoms with E-state index >= 15 is 0 Å². The number of nitrogens with zero attached hydrogens (tertiary/aromatic N) is 2. The lowest BCUT2D eigenvalue weighted by Crippen LogP contribution is -2.16. The number of benzene rings is 3. The van der Waals surface area contributed by atoms with Gasteiger partial charge in [-0.3, -0.25) is 9.52 Å². The van der Waals surface area contributed by atoms with Gasteiger partial charge in [-0.25, -0.2) is 23.4 Å². The van der Waals surface area contributed by atoms with E-state index in [1.807, 2.05) is 31.2 Å². The Labute approximate surface area is 272 Å². The fourth-order valence-electron chi connectivity index (χ4n) is 5.01. The summed E-state index contributed by atoms with van der Waals surface area (Å²) in [6.07, 6.45) is 3.92. The largest absolute Gasteiger partial charge is 0.467 e. The van der Waals surface area contributed by atoms with Gasteiger partial charge in [-0.15, -0.1) is 0 Å². The number of aromatic nitrogens is 1. The normalized spacial score (nSPS) is 15.2. The SMILES string of the molecule is COC(=O)C(C)n1cc(C=C2C(=O)NN=C2c2ccc(NS(=O)(=O)c3cccc(C(=O)OCCC(C)OC)c3)cc2)c2ccccc21. The van der Waals surface area contributed by atoms with Crippen LogP contribution in [-0.4, -0.2) is 63.5 Å². The number of nitrogens with one attached hydrogen (secondary N) is 2. The predicted molar refractivity (Wildman–Crippen MR) is 176 cm³/mol. The maximum absolute atomic E-state index is 13.2. The molecule has 0 aliphatic carbocycles. The average molecular weight is 659 g/mol. The number of sulfonamides is 1. The number of ether oxygens (including phenoxy) is 3. The van der Waals surface area contributed by atoms with Crippen molar-refractivity contribution in [1.29, 1.82) is 0 Å². The number of hydrazone groups is 1. The van der Waals surface area contributed by atoms with E-state index in [-0.39, 0.29) is 28.9 Å². The van der Waals surface area contributed by atoms with E-state index in [0.29, 0.717) is 28.8 Å². The molecule has 0 spiro atoms. The number of amides is 1. The zero-order valence-electron chi connectivity index (χ0n) is 26.2. The lowest BCUT2D eigenvalue weighted by molar-refractivity contribution is -0.143. The maximum atomic E-state index is 13.2. The highest BCUT2D eigenvalue weighted by Crippen LogP contribution is 2.29. The van der Waals surface area contributed by atoms with Gasteiger partial charge in [0.2, 0.25) is 0 Å². The summed E-state index contributed by atoms with van der Waals surface area (Å²) in [5, 5.41) is 5.05. The van der Waals surface area contributed by atoms with Crippen molar-refractivity contribution >= 4 is 56.2 Å². The number of methoxy groups -OCH3 is 2. The minimum absolute atomic E-state index is 0.0819. The molecular formula is C34H34N4O8S. The minimum Gasteiger partial charge on any atom is -0.467 e. The Morgan fingerprint density at radius 3 is 2.49 bits per heavy atom. The second kappa shape index (κ2) is 14.0. The van der Waals surface area contributed by atoms with Crippen molar-refractivity contribution in [3.05, 3.63) is 101 Å². The monoisotopic (exact) mass is 658 g/mol. The number of carbonyl (C=O) groups excluding carboxylic acids is 3. The van der Waals surface area contributed by atoms with Crippen molar-refractivity contribution in [2.45, 2.75) is 37.3 Å². The van der Waals surface area contributed by atoms with E-state index < -0.39 is 33.9 Å². The number of hydrogen-bond acceptors (Lipinski definition) is 9. The summed E-state index contributed by atoms with van der Waals surface area (Å²) < 4.78 is 46.0. The summed E-state index contributed by atoms with van der Waals surface area (Å²) in [5.74, 6) is -1.45. The van der Waals surface area contributed by atoms with Crippen LogP contribution in [0.5, 0.6) is 0 Å². The summed E-state index contributed by atoms with van der Waals surface area (Å²) in [7, 11) is -1.16. The molecule has 0 saturated carbocycles. The number of anilines is 1. The van der Waals surface area contributed by atoms with Crippen LogP contribution in [0.2, 0.25) is 0 Å². The Kier molecular flexibility index (Phi) is 9.87. The third-order valence-electron chi connectivity index (χ3n) is 7.75. The first kappa shape index (κ1) is 33.1. The highest BCUT2D eigenvalue weighted by Gasteiger charge is 2.26. The summed E-state index contributed by atoms with van der Waals surface area (Å²) in [4.78, 5) is 37.5. The molecule has 47 heavy (non-hydrogen) atoms. The zero-order valence-corrected chi connectivity index (χ0v) is 27.0. The fraction of sp³-hybridized carbons (Fsp3) is 0.235. The standard InChI is InChI=1S/C34H34N4O8S/c1-21(44-3)16-17-46-34(41)24-8-7-9-27(18-24)47(42,43)37-26-14-12-23(13-15-26)31-29(32(39)36-35-31)19-25-20-38(22(2)33(40)45-4)30-11-6-5-10-28(25)30/h5-15,18-22,37H,16-17H2,1-4H3,(H,36,39). The molecule has 2 N–H and O–H groups in total. The molecule has 2 unspecified atom stereocenters. The van der Waals surface area contributed by atoms with Crippen LogP contribution in [0.15, 0.2) is 94.6 Å². The van der Waals surface area contributed by atoms with Crippen molar-refractivity contribution in [3.8, 4) is 0 Å². The number of esters is 2. The molecule has 0 radical (unpaired) electrons.